The molecule has 0 aliphatic rings. The fraction of sp³-hybridized carbons (Fsp3) is 0.484. The highest BCUT2D eigenvalue weighted by molar-refractivity contribution is 5.85. The number of carbonyl (C=O) groups is 2. The van der Waals surface area contributed by atoms with Crippen molar-refractivity contribution in [3.05, 3.63) is 72.4 Å². The lowest BCUT2D eigenvalue weighted by Crippen LogP contribution is -2.49. The van der Waals surface area contributed by atoms with Gasteiger partial charge in [0.25, 0.3) is 0 Å². The standard InChI is InChI=1S/C31H46N4O3/c1-6-35(5)23-20-28(34-30(37)38-31(2,3)4)29(36)33-22-9-11-25-14-18-27(19-15-25)26-16-12-24(13-17-26)10-7-8-21-32/h6,12-19,28H,1,7-11,20-23,32H2,2-5H3,(H,33,36)(H,34,37)/t28-/m0/s1. The van der Waals surface area contributed by atoms with Gasteiger partial charge in [0.15, 0.2) is 0 Å². The number of alkyl carbamates (subject to hydrolysis) is 1. The van der Waals surface area contributed by atoms with Crippen molar-refractivity contribution in [2.24, 2.45) is 5.73 Å². The summed E-state index contributed by atoms with van der Waals surface area (Å²) >= 11 is 0. The highest BCUT2D eigenvalue weighted by Crippen LogP contribution is 2.21. The zero-order chi connectivity index (χ0) is 28.0. The third kappa shape index (κ3) is 11.8. The van der Waals surface area contributed by atoms with E-state index in [-0.39, 0.29) is 5.91 Å². The molecule has 0 saturated heterocycles. The lowest BCUT2D eigenvalue weighted by molar-refractivity contribution is -0.123. The van der Waals surface area contributed by atoms with Gasteiger partial charge in [-0.1, -0.05) is 55.1 Å². The van der Waals surface area contributed by atoms with Crippen LogP contribution in [0.3, 0.4) is 0 Å². The number of hydrogen-bond acceptors (Lipinski definition) is 5. The summed E-state index contributed by atoms with van der Waals surface area (Å²) in [5.41, 5.74) is 9.91. The van der Waals surface area contributed by atoms with Gasteiger partial charge >= 0.3 is 6.09 Å². The Kier molecular flexibility index (Phi) is 12.9. The minimum Gasteiger partial charge on any atom is -0.444 e. The van der Waals surface area contributed by atoms with Gasteiger partial charge in [0.2, 0.25) is 5.91 Å². The maximum absolute atomic E-state index is 12.8. The number of rotatable bonds is 15. The summed E-state index contributed by atoms with van der Waals surface area (Å²) in [7, 11) is 1.88. The zero-order valence-electron chi connectivity index (χ0n) is 23.6. The number of aryl methyl sites for hydroxylation is 2. The second-order valence-electron chi connectivity index (χ2n) is 10.7. The van der Waals surface area contributed by atoms with E-state index in [0.717, 1.165) is 38.6 Å². The first-order valence-electron chi connectivity index (χ1n) is 13.6. The molecule has 2 aromatic carbocycles. The molecule has 0 aliphatic heterocycles. The average molecular weight is 523 g/mol. The molecule has 0 fully saturated rings. The van der Waals surface area contributed by atoms with Crippen LogP contribution in [0.15, 0.2) is 61.3 Å². The molecule has 2 aromatic rings. The monoisotopic (exact) mass is 522 g/mol. The van der Waals surface area contributed by atoms with E-state index in [1.54, 1.807) is 27.0 Å². The number of benzene rings is 2. The number of carbonyl (C=O) groups excluding carboxylic acids is 2. The lowest BCUT2D eigenvalue weighted by atomic mass is 9.99. The van der Waals surface area contributed by atoms with E-state index in [4.69, 9.17) is 10.5 Å². The van der Waals surface area contributed by atoms with Crippen molar-refractivity contribution in [1.29, 1.82) is 0 Å². The van der Waals surface area contributed by atoms with E-state index in [2.05, 4.69) is 65.7 Å². The van der Waals surface area contributed by atoms with Crippen molar-refractivity contribution < 1.29 is 14.3 Å². The summed E-state index contributed by atoms with van der Waals surface area (Å²) in [5.74, 6) is -0.213. The SMILES string of the molecule is C=CN(C)CC[C@H](NC(=O)OC(C)(C)C)C(=O)NCCCc1ccc(-c2ccc(CCCCN)cc2)cc1. The van der Waals surface area contributed by atoms with Crippen LogP contribution in [0.4, 0.5) is 4.79 Å². The molecule has 208 valence electrons. The molecule has 2 rings (SSSR count). The molecule has 7 heteroatoms. The molecule has 0 heterocycles. The van der Waals surface area contributed by atoms with Gasteiger partial charge in [0.05, 0.1) is 0 Å². The zero-order valence-corrected chi connectivity index (χ0v) is 23.6. The van der Waals surface area contributed by atoms with Crippen LogP contribution < -0.4 is 16.4 Å². The Morgan fingerprint density at radius 2 is 1.53 bits per heavy atom. The quantitative estimate of drug-likeness (QED) is 0.285. The minimum absolute atomic E-state index is 0.213. The first kappa shape index (κ1) is 30.9. The third-order valence-corrected chi connectivity index (χ3v) is 6.19. The molecule has 0 aliphatic carbocycles. The number of amides is 2. The summed E-state index contributed by atoms with van der Waals surface area (Å²) < 4.78 is 5.33. The predicted molar refractivity (Wildman–Crippen MR) is 156 cm³/mol. The maximum Gasteiger partial charge on any atom is 0.408 e. The smallest absolute Gasteiger partial charge is 0.408 e. The number of nitrogens with two attached hydrogens (primary N) is 1. The molecular formula is C31H46N4O3. The van der Waals surface area contributed by atoms with Crippen LogP contribution in [0.2, 0.25) is 0 Å². The molecule has 0 saturated carbocycles. The third-order valence-electron chi connectivity index (χ3n) is 6.19. The van der Waals surface area contributed by atoms with E-state index in [1.165, 1.54) is 22.3 Å². The van der Waals surface area contributed by atoms with Crippen molar-refractivity contribution in [1.82, 2.24) is 15.5 Å². The number of hydrogen-bond donors (Lipinski definition) is 3. The highest BCUT2D eigenvalue weighted by Gasteiger charge is 2.24. The largest absolute Gasteiger partial charge is 0.444 e. The first-order valence-corrected chi connectivity index (χ1v) is 13.6. The molecule has 0 aromatic heterocycles. The second-order valence-corrected chi connectivity index (χ2v) is 10.7. The summed E-state index contributed by atoms with van der Waals surface area (Å²) in [6, 6.07) is 16.6. The summed E-state index contributed by atoms with van der Waals surface area (Å²) in [6.45, 7) is 11.0. The summed E-state index contributed by atoms with van der Waals surface area (Å²) in [5, 5.41) is 5.67. The molecule has 2 amide bonds. The Morgan fingerprint density at radius 3 is 2.03 bits per heavy atom. The van der Waals surface area contributed by atoms with Crippen LogP contribution in [-0.2, 0) is 22.4 Å². The molecule has 0 unspecified atom stereocenters. The van der Waals surface area contributed by atoms with Crippen LogP contribution >= 0.6 is 0 Å². The van der Waals surface area contributed by atoms with Crippen LogP contribution in [-0.4, -0.2) is 55.2 Å². The van der Waals surface area contributed by atoms with E-state index in [1.807, 2.05) is 11.9 Å². The topological polar surface area (TPSA) is 96.7 Å². The Bertz CT molecular complexity index is 997. The summed E-state index contributed by atoms with van der Waals surface area (Å²) in [4.78, 5) is 26.9. The molecule has 0 bridgehead atoms. The molecular weight excluding hydrogens is 476 g/mol. The van der Waals surface area contributed by atoms with Crippen LogP contribution in [0.25, 0.3) is 11.1 Å². The lowest BCUT2D eigenvalue weighted by Gasteiger charge is -2.24. The molecule has 0 spiro atoms. The van der Waals surface area contributed by atoms with Gasteiger partial charge in [-0.2, -0.15) is 0 Å². The fourth-order valence-corrected chi connectivity index (χ4v) is 3.97. The van der Waals surface area contributed by atoms with Crippen molar-refractivity contribution >= 4 is 12.0 Å². The maximum atomic E-state index is 12.8. The normalized spacial score (nSPS) is 11.9. The van der Waals surface area contributed by atoms with E-state index in [9.17, 15) is 9.59 Å². The van der Waals surface area contributed by atoms with E-state index in [0.29, 0.717) is 19.5 Å². The van der Waals surface area contributed by atoms with E-state index < -0.39 is 17.7 Å². The van der Waals surface area contributed by atoms with Gasteiger partial charge in [0, 0.05) is 20.1 Å². The van der Waals surface area contributed by atoms with Crippen LogP contribution in [0.1, 0.15) is 57.6 Å². The molecule has 4 N–H and O–H groups in total. The average Bonchev–Trinajstić information content (AvgIpc) is 2.88. The number of nitrogens with zero attached hydrogens (tertiary/aromatic N) is 1. The number of nitrogens with one attached hydrogen (secondary N) is 2. The van der Waals surface area contributed by atoms with Gasteiger partial charge < -0.3 is 26.0 Å². The molecule has 1 atom stereocenters. The van der Waals surface area contributed by atoms with Gasteiger partial charge in [-0.15, -0.1) is 0 Å². The highest BCUT2D eigenvalue weighted by atomic mass is 16.6. The Labute approximate surface area is 228 Å². The minimum atomic E-state index is -0.682. The van der Waals surface area contributed by atoms with Crippen molar-refractivity contribution in [3.63, 3.8) is 0 Å². The van der Waals surface area contributed by atoms with Crippen molar-refractivity contribution in [2.45, 2.75) is 70.9 Å². The predicted octanol–water partition coefficient (Wildman–Crippen LogP) is 5.04. The number of ether oxygens (including phenoxy) is 1. The summed E-state index contributed by atoms with van der Waals surface area (Å²) in [6.07, 6.45) is 6.44. The first-order chi connectivity index (χ1) is 18.1. The number of unbranched alkanes of at least 4 members (excludes halogenated alkanes) is 1. The van der Waals surface area contributed by atoms with E-state index >= 15 is 0 Å². The molecule has 0 radical (unpaired) electrons. The Morgan fingerprint density at radius 1 is 0.974 bits per heavy atom. The van der Waals surface area contributed by atoms with Gasteiger partial charge in [0.1, 0.15) is 11.6 Å². The molecule has 38 heavy (non-hydrogen) atoms. The Hall–Kier alpha value is -3.32. The van der Waals surface area contributed by atoms with Crippen LogP contribution in [0, 0.1) is 0 Å². The van der Waals surface area contributed by atoms with Crippen LogP contribution in [0.5, 0.6) is 0 Å². The molecule has 7 nitrogen and oxygen atoms in total. The van der Waals surface area contributed by atoms with Gasteiger partial charge in [-0.05, 0) is 94.3 Å². The van der Waals surface area contributed by atoms with Crippen molar-refractivity contribution in [2.75, 3.05) is 26.7 Å². The van der Waals surface area contributed by atoms with Crippen molar-refractivity contribution in [3.8, 4) is 11.1 Å². The fourth-order valence-electron chi connectivity index (χ4n) is 3.97. The van der Waals surface area contributed by atoms with Gasteiger partial charge in [-0.3, -0.25) is 4.79 Å². The van der Waals surface area contributed by atoms with Gasteiger partial charge in [-0.25, -0.2) is 4.79 Å². The Balaban J connectivity index is 1.83. The second kappa shape index (κ2) is 15.8.